The molecule has 0 heterocycles. The second-order valence-corrected chi connectivity index (χ2v) is 6.54. The Bertz CT molecular complexity index is 200. The highest BCUT2D eigenvalue weighted by Gasteiger charge is 2.31. The van der Waals surface area contributed by atoms with Gasteiger partial charge in [0.05, 0.1) is 0 Å². The highest BCUT2D eigenvalue weighted by molar-refractivity contribution is 4.86. The molecule has 1 heteroatoms. The molecule has 0 aromatic carbocycles. The molecule has 1 nitrogen and oxygen atoms in total. The number of nitrogens with two attached hydrogens (primary N) is 1. The molecule has 100 valence electrons. The van der Waals surface area contributed by atoms with Gasteiger partial charge in [-0.25, -0.2) is 0 Å². The van der Waals surface area contributed by atoms with Crippen LogP contribution in [0.25, 0.3) is 0 Å². The summed E-state index contributed by atoms with van der Waals surface area (Å²) in [5.74, 6) is 2.75. The Morgan fingerprint density at radius 3 is 2.12 bits per heavy atom. The van der Waals surface area contributed by atoms with Gasteiger partial charge in [-0.1, -0.05) is 51.9 Å². The number of rotatable bonds is 5. The molecule has 0 aromatic rings. The van der Waals surface area contributed by atoms with Crippen LogP contribution in [0.3, 0.4) is 0 Å². The van der Waals surface area contributed by atoms with Crippen molar-refractivity contribution in [3.63, 3.8) is 0 Å². The van der Waals surface area contributed by atoms with Gasteiger partial charge in [-0.3, -0.25) is 0 Å². The van der Waals surface area contributed by atoms with Gasteiger partial charge in [-0.15, -0.1) is 0 Å². The number of unbranched alkanes of at least 4 members (excludes halogenated alkanes) is 1. The van der Waals surface area contributed by atoms with Crippen molar-refractivity contribution in [3.8, 4) is 0 Å². The first-order valence-corrected chi connectivity index (χ1v) is 8.06. The molecule has 2 rings (SSSR count). The van der Waals surface area contributed by atoms with Crippen LogP contribution in [0.4, 0.5) is 0 Å². The summed E-state index contributed by atoms with van der Waals surface area (Å²) in [6, 6.07) is 0.532. The zero-order valence-electron chi connectivity index (χ0n) is 11.7. The fourth-order valence-electron chi connectivity index (χ4n) is 4.08. The SMILES string of the molecule is CCCCC1CCC(C(N)C2CCCC2)CC1. The average Bonchev–Trinajstić information content (AvgIpc) is 2.90. The molecule has 0 bridgehead atoms. The van der Waals surface area contributed by atoms with Crippen molar-refractivity contribution in [2.45, 2.75) is 83.6 Å². The van der Waals surface area contributed by atoms with E-state index >= 15 is 0 Å². The molecule has 0 spiro atoms. The van der Waals surface area contributed by atoms with E-state index in [1.54, 1.807) is 0 Å². The second kappa shape index (κ2) is 6.78. The van der Waals surface area contributed by atoms with Crippen LogP contribution in [0.15, 0.2) is 0 Å². The molecule has 17 heavy (non-hydrogen) atoms. The van der Waals surface area contributed by atoms with Crippen LogP contribution in [0.1, 0.15) is 77.6 Å². The lowest BCUT2D eigenvalue weighted by atomic mass is 9.74. The highest BCUT2D eigenvalue weighted by Crippen LogP contribution is 2.38. The summed E-state index contributed by atoms with van der Waals surface area (Å²) in [5, 5.41) is 0. The van der Waals surface area contributed by atoms with Crippen molar-refractivity contribution in [3.05, 3.63) is 0 Å². The maximum Gasteiger partial charge on any atom is 0.00956 e. The van der Waals surface area contributed by atoms with E-state index in [1.807, 2.05) is 0 Å². The van der Waals surface area contributed by atoms with Gasteiger partial charge in [0, 0.05) is 6.04 Å². The molecule has 0 amide bonds. The standard InChI is InChI=1S/C16H31N/c1-2-3-6-13-9-11-15(12-10-13)16(17)14-7-4-5-8-14/h13-16H,2-12,17H2,1H3. The molecule has 2 saturated carbocycles. The van der Waals surface area contributed by atoms with Crippen LogP contribution in [0.5, 0.6) is 0 Å². The van der Waals surface area contributed by atoms with E-state index < -0.39 is 0 Å². The minimum atomic E-state index is 0.532. The Hall–Kier alpha value is -0.0400. The molecule has 0 aromatic heterocycles. The first-order valence-electron chi connectivity index (χ1n) is 8.06. The van der Waals surface area contributed by atoms with E-state index in [2.05, 4.69) is 6.92 Å². The van der Waals surface area contributed by atoms with E-state index in [0.29, 0.717) is 6.04 Å². The predicted octanol–water partition coefficient (Wildman–Crippen LogP) is 4.50. The zero-order valence-corrected chi connectivity index (χ0v) is 11.7. The topological polar surface area (TPSA) is 26.0 Å². The van der Waals surface area contributed by atoms with Crippen molar-refractivity contribution < 1.29 is 0 Å². The largest absolute Gasteiger partial charge is 0.327 e. The van der Waals surface area contributed by atoms with Crippen LogP contribution in [-0.2, 0) is 0 Å². The molecule has 0 radical (unpaired) electrons. The summed E-state index contributed by atoms with van der Waals surface area (Å²) in [5.41, 5.74) is 6.50. The van der Waals surface area contributed by atoms with Gasteiger partial charge in [0.1, 0.15) is 0 Å². The monoisotopic (exact) mass is 237 g/mol. The van der Waals surface area contributed by atoms with Gasteiger partial charge in [0.25, 0.3) is 0 Å². The van der Waals surface area contributed by atoms with Gasteiger partial charge >= 0.3 is 0 Å². The maximum absolute atomic E-state index is 6.50. The van der Waals surface area contributed by atoms with E-state index in [1.165, 1.54) is 70.6 Å². The van der Waals surface area contributed by atoms with Crippen molar-refractivity contribution in [1.29, 1.82) is 0 Å². The highest BCUT2D eigenvalue weighted by atomic mass is 14.7. The van der Waals surface area contributed by atoms with Gasteiger partial charge < -0.3 is 5.73 Å². The van der Waals surface area contributed by atoms with Crippen LogP contribution >= 0.6 is 0 Å². The molecule has 2 aliphatic carbocycles. The summed E-state index contributed by atoms with van der Waals surface area (Å²) in [4.78, 5) is 0. The third-order valence-electron chi connectivity index (χ3n) is 5.35. The predicted molar refractivity (Wildman–Crippen MR) is 74.9 cm³/mol. The zero-order chi connectivity index (χ0) is 12.1. The lowest BCUT2D eigenvalue weighted by Gasteiger charge is -2.34. The third kappa shape index (κ3) is 3.71. The Balaban J connectivity index is 1.70. The van der Waals surface area contributed by atoms with Gasteiger partial charge in [-0.05, 0) is 43.4 Å². The molecule has 2 aliphatic rings. The first-order chi connectivity index (χ1) is 8.31. The Morgan fingerprint density at radius 2 is 1.53 bits per heavy atom. The van der Waals surface area contributed by atoms with E-state index in [-0.39, 0.29) is 0 Å². The van der Waals surface area contributed by atoms with Crippen molar-refractivity contribution in [2.24, 2.45) is 23.5 Å². The molecule has 2 N–H and O–H groups in total. The molecule has 0 saturated heterocycles. The third-order valence-corrected chi connectivity index (χ3v) is 5.35. The van der Waals surface area contributed by atoms with Crippen molar-refractivity contribution in [2.75, 3.05) is 0 Å². The minimum Gasteiger partial charge on any atom is -0.327 e. The summed E-state index contributed by atoms with van der Waals surface area (Å²) < 4.78 is 0. The van der Waals surface area contributed by atoms with Crippen LogP contribution in [-0.4, -0.2) is 6.04 Å². The van der Waals surface area contributed by atoms with Crippen molar-refractivity contribution in [1.82, 2.24) is 0 Å². The van der Waals surface area contributed by atoms with E-state index in [9.17, 15) is 0 Å². The minimum absolute atomic E-state index is 0.532. The molecular weight excluding hydrogens is 206 g/mol. The van der Waals surface area contributed by atoms with Crippen LogP contribution in [0, 0.1) is 17.8 Å². The lowest BCUT2D eigenvalue weighted by Crippen LogP contribution is -2.38. The summed E-state index contributed by atoms with van der Waals surface area (Å²) in [6.45, 7) is 2.31. The van der Waals surface area contributed by atoms with Crippen molar-refractivity contribution >= 4 is 0 Å². The Kier molecular flexibility index (Phi) is 5.34. The van der Waals surface area contributed by atoms with Gasteiger partial charge in [-0.2, -0.15) is 0 Å². The van der Waals surface area contributed by atoms with Gasteiger partial charge in [0.15, 0.2) is 0 Å². The summed E-state index contributed by atoms with van der Waals surface area (Å²) >= 11 is 0. The number of hydrogen-bond donors (Lipinski definition) is 1. The van der Waals surface area contributed by atoms with Gasteiger partial charge in [0.2, 0.25) is 0 Å². The van der Waals surface area contributed by atoms with E-state index in [4.69, 9.17) is 5.73 Å². The molecule has 1 atom stereocenters. The second-order valence-electron chi connectivity index (χ2n) is 6.54. The normalized spacial score (nSPS) is 32.8. The summed E-state index contributed by atoms with van der Waals surface area (Å²) in [6.07, 6.45) is 15.7. The Morgan fingerprint density at radius 1 is 0.941 bits per heavy atom. The fraction of sp³-hybridized carbons (Fsp3) is 1.00. The molecule has 2 fully saturated rings. The molecular formula is C16H31N. The maximum atomic E-state index is 6.50. The average molecular weight is 237 g/mol. The van der Waals surface area contributed by atoms with Crippen LogP contribution < -0.4 is 5.73 Å². The Labute approximate surface area is 108 Å². The van der Waals surface area contributed by atoms with E-state index in [0.717, 1.165) is 17.8 Å². The first kappa shape index (κ1) is 13.4. The fourth-order valence-corrected chi connectivity index (χ4v) is 4.08. The summed E-state index contributed by atoms with van der Waals surface area (Å²) in [7, 11) is 0. The van der Waals surface area contributed by atoms with Crippen LogP contribution in [0.2, 0.25) is 0 Å². The smallest absolute Gasteiger partial charge is 0.00956 e. The lowest BCUT2D eigenvalue weighted by molar-refractivity contribution is 0.199. The molecule has 0 aliphatic heterocycles. The quantitative estimate of drug-likeness (QED) is 0.748. The number of hydrogen-bond acceptors (Lipinski definition) is 1. The molecule has 1 unspecified atom stereocenters.